The summed E-state index contributed by atoms with van der Waals surface area (Å²) in [5.74, 6) is -0.0803. The minimum Gasteiger partial charge on any atom is -0.379 e. The number of benzene rings is 1. The van der Waals surface area contributed by atoms with Crippen LogP contribution in [0.1, 0.15) is 21.4 Å². The van der Waals surface area contributed by atoms with Crippen molar-refractivity contribution in [3.63, 3.8) is 0 Å². The molecule has 1 aromatic heterocycles. The van der Waals surface area contributed by atoms with Gasteiger partial charge in [0.05, 0.1) is 19.3 Å². The van der Waals surface area contributed by atoms with Crippen LogP contribution in [0.15, 0.2) is 42.5 Å². The second-order valence-corrected chi connectivity index (χ2v) is 8.00. The molecule has 4 nitrogen and oxygen atoms in total. The maximum atomic E-state index is 12.2. The Hall–Kier alpha value is -1.66. The first-order valence-corrected chi connectivity index (χ1v) is 9.91. The average Bonchev–Trinajstić information content (AvgIpc) is 3.08. The molecular formula is C20H23ClN2O2S. The van der Waals surface area contributed by atoms with E-state index in [1.807, 2.05) is 36.4 Å². The van der Waals surface area contributed by atoms with E-state index in [2.05, 4.69) is 23.2 Å². The van der Waals surface area contributed by atoms with Gasteiger partial charge in [-0.2, -0.15) is 0 Å². The van der Waals surface area contributed by atoms with Gasteiger partial charge in [-0.15, -0.1) is 11.3 Å². The molecule has 1 aliphatic rings. The van der Waals surface area contributed by atoms with Crippen LogP contribution in [-0.4, -0.2) is 43.7 Å². The summed E-state index contributed by atoms with van der Waals surface area (Å²) < 4.78 is 5.46. The minimum absolute atomic E-state index is 0.0803. The van der Waals surface area contributed by atoms with Crippen molar-refractivity contribution in [1.82, 2.24) is 10.2 Å². The molecule has 1 atom stereocenters. The highest BCUT2D eigenvalue weighted by Gasteiger charge is 2.22. The van der Waals surface area contributed by atoms with Crippen LogP contribution < -0.4 is 5.32 Å². The normalized spacial score (nSPS) is 16.7. The van der Waals surface area contributed by atoms with Crippen LogP contribution in [0.4, 0.5) is 0 Å². The van der Waals surface area contributed by atoms with Gasteiger partial charge in [-0.05, 0) is 42.8 Å². The molecule has 1 N–H and O–H groups in total. The Kier molecular flexibility index (Phi) is 6.86. The van der Waals surface area contributed by atoms with Crippen LogP contribution in [0.5, 0.6) is 0 Å². The molecule has 0 aliphatic carbocycles. The standard InChI is InChI=1S/C20H23ClN2O2S/c1-15-2-7-18(26-15)8-9-20(24)22-14-19(23-10-12-25-13-11-23)16-3-5-17(21)6-4-16/h2-9,19H,10-14H2,1H3,(H,22,24)/b9-8+. The quantitative estimate of drug-likeness (QED) is 0.760. The van der Waals surface area contributed by atoms with E-state index in [1.165, 1.54) is 4.88 Å². The molecule has 1 unspecified atom stereocenters. The molecule has 26 heavy (non-hydrogen) atoms. The van der Waals surface area contributed by atoms with Crippen molar-refractivity contribution in [3.05, 3.63) is 62.8 Å². The van der Waals surface area contributed by atoms with Crippen molar-refractivity contribution in [1.29, 1.82) is 0 Å². The van der Waals surface area contributed by atoms with Crippen LogP contribution in [0, 0.1) is 6.92 Å². The maximum absolute atomic E-state index is 12.2. The highest BCUT2D eigenvalue weighted by atomic mass is 35.5. The van der Waals surface area contributed by atoms with Crippen LogP contribution in [0.3, 0.4) is 0 Å². The van der Waals surface area contributed by atoms with E-state index in [0.717, 1.165) is 36.7 Å². The minimum atomic E-state index is -0.0803. The highest BCUT2D eigenvalue weighted by Crippen LogP contribution is 2.23. The van der Waals surface area contributed by atoms with E-state index in [0.29, 0.717) is 11.6 Å². The topological polar surface area (TPSA) is 41.6 Å². The Morgan fingerprint density at radius 2 is 2.00 bits per heavy atom. The number of carbonyl (C=O) groups is 1. The third-order valence-electron chi connectivity index (χ3n) is 4.37. The van der Waals surface area contributed by atoms with Crippen LogP contribution in [0.2, 0.25) is 5.02 Å². The fourth-order valence-corrected chi connectivity index (χ4v) is 3.89. The number of rotatable bonds is 6. The summed E-state index contributed by atoms with van der Waals surface area (Å²) in [5, 5.41) is 3.75. The van der Waals surface area contributed by atoms with E-state index >= 15 is 0 Å². The van der Waals surface area contributed by atoms with Gasteiger partial charge in [0.25, 0.3) is 0 Å². The third kappa shape index (κ3) is 5.42. The number of nitrogens with zero attached hydrogens (tertiary/aromatic N) is 1. The molecule has 2 heterocycles. The lowest BCUT2D eigenvalue weighted by Gasteiger charge is -2.34. The fraction of sp³-hybridized carbons (Fsp3) is 0.350. The molecule has 138 valence electrons. The molecular weight excluding hydrogens is 368 g/mol. The highest BCUT2D eigenvalue weighted by molar-refractivity contribution is 7.12. The van der Waals surface area contributed by atoms with Gasteiger partial charge in [0.2, 0.25) is 5.91 Å². The molecule has 3 rings (SSSR count). The van der Waals surface area contributed by atoms with Crippen LogP contribution >= 0.6 is 22.9 Å². The van der Waals surface area contributed by atoms with Crippen molar-refractivity contribution >= 4 is 34.9 Å². The van der Waals surface area contributed by atoms with Crippen LogP contribution in [-0.2, 0) is 9.53 Å². The number of ether oxygens (including phenoxy) is 1. The van der Waals surface area contributed by atoms with Gasteiger partial charge in [0, 0.05) is 40.5 Å². The Bertz CT molecular complexity index is 751. The summed E-state index contributed by atoms with van der Waals surface area (Å²) in [7, 11) is 0. The first-order valence-electron chi connectivity index (χ1n) is 8.71. The smallest absolute Gasteiger partial charge is 0.244 e. The number of carbonyl (C=O) groups excluding carboxylic acids is 1. The molecule has 0 radical (unpaired) electrons. The molecule has 0 spiro atoms. The van der Waals surface area contributed by atoms with Gasteiger partial charge in [-0.1, -0.05) is 23.7 Å². The number of thiophene rings is 1. The lowest BCUT2D eigenvalue weighted by atomic mass is 10.0. The zero-order valence-electron chi connectivity index (χ0n) is 14.8. The SMILES string of the molecule is Cc1ccc(/C=C/C(=O)NCC(c2ccc(Cl)cc2)N2CCOCC2)s1. The summed E-state index contributed by atoms with van der Waals surface area (Å²) in [6.45, 7) is 5.75. The lowest BCUT2D eigenvalue weighted by molar-refractivity contribution is -0.116. The lowest BCUT2D eigenvalue weighted by Crippen LogP contribution is -2.43. The molecule has 0 saturated carbocycles. The Labute approximate surface area is 163 Å². The summed E-state index contributed by atoms with van der Waals surface area (Å²) in [6.07, 6.45) is 3.46. The largest absolute Gasteiger partial charge is 0.379 e. The summed E-state index contributed by atoms with van der Waals surface area (Å²) in [5.41, 5.74) is 1.15. The number of hydrogen-bond acceptors (Lipinski definition) is 4. The molecule has 1 fully saturated rings. The van der Waals surface area contributed by atoms with Gasteiger partial charge in [-0.25, -0.2) is 0 Å². The van der Waals surface area contributed by atoms with Gasteiger partial charge in [0.15, 0.2) is 0 Å². The molecule has 1 amide bonds. The Balaban J connectivity index is 1.64. The summed E-state index contributed by atoms with van der Waals surface area (Å²) in [4.78, 5) is 16.9. The average molecular weight is 391 g/mol. The zero-order valence-corrected chi connectivity index (χ0v) is 16.4. The first kappa shape index (κ1) is 19.1. The van der Waals surface area contributed by atoms with Gasteiger partial charge in [-0.3, -0.25) is 9.69 Å². The number of nitrogens with one attached hydrogen (secondary N) is 1. The van der Waals surface area contributed by atoms with Crippen molar-refractivity contribution in [2.45, 2.75) is 13.0 Å². The number of halogens is 1. The number of amides is 1. The molecule has 0 bridgehead atoms. The van der Waals surface area contributed by atoms with E-state index in [1.54, 1.807) is 17.4 Å². The molecule has 1 saturated heterocycles. The molecule has 1 aliphatic heterocycles. The number of aryl methyl sites for hydroxylation is 1. The fourth-order valence-electron chi connectivity index (χ4n) is 2.99. The molecule has 2 aromatic rings. The van der Waals surface area contributed by atoms with E-state index in [-0.39, 0.29) is 11.9 Å². The predicted molar refractivity (Wildman–Crippen MR) is 108 cm³/mol. The summed E-state index contributed by atoms with van der Waals surface area (Å²) >= 11 is 7.69. The van der Waals surface area contributed by atoms with E-state index < -0.39 is 0 Å². The molecule has 6 heteroatoms. The van der Waals surface area contributed by atoms with Gasteiger partial charge >= 0.3 is 0 Å². The van der Waals surface area contributed by atoms with Gasteiger partial charge < -0.3 is 10.1 Å². The monoisotopic (exact) mass is 390 g/mol. The van der Waals surface area contributed by atoms with E-state index in [9.17, 15) is 4.79 Å². The van der Waals surface area contributed by atoms with Gasteiger partial charge in [0.1, 0.15) is 0 Å². The van der Waals surface area contributed by atoms with Crippen molar-refractivity contribution in [2.75, 3.05) is 32.8 Å². The Morgan fingerprint density at radius 1 is 1.27 bits per heavy atom. The van der Waals surface area contributed by atoms with Crippen molar-refractivity contribution in [3.8, 4) is 0 Å². The van der Waals surface area contributed by atoms with Crippen molar-refractivity contribution in [2.24, 2.45) is 0 Å². The predicted octanol–water partition coefficient (Wildman–Crippen LogP) is 3.91. The summed E-state index contributed by atoms with van der Waals surface area (Å²) in [6, 6.07) is 12.0. The second-order valence-electron chi connectivity index (χ2n) is 6.24. The maximum Gasteiger partial charge on any atom is 0.244 e. The number of hydrogen-bond donors (Lipinski definition) is 1. The Morgan fingerprint density at radius 3 is 2.65 bits per heavy atom. The third-order valence-corrected chi connectivity index (χ3v) is 5.59. The first-order chi connectivity index (χ1) is 12.6. The zero-order chi connectivity index (χ0) is 18.4. The second kappa shape index (κ2) is 9.33. The van der Waals surface area contributed by atoms with Crippen molar-refractivity contribution < 1.29 is 9.53 Å². The number of morpholine rings is 1. The van der Waals surface area contributed by atoms with E-state index in [4.69, 9.17) is 16.3 Å². The van der Waals surface area contributed by atoms with Crippen LogP contribution in [0.25, 0.3) is 6.08 Å². The molecule has 1 aromatic carbocycles.